The zero-order valence-electron chi connectivity index (χ0n) is 26.5. The van der Waals surface area contributed by atoms with E-state index in [2.05, 4.69) is 5.10 Å². The zero-order valence-corrected chi connectivity index (χ0v) is 26.5. The van der Waals surface area contributed by atoms with Crippen molar-refractivity contribution in [2.75, 3.05) is 6.54 Å². The summed E-state index contributed by atoms with van der Waals surface area (Å²) in [6, 6.07) is 12.7. The van der Waals surface area contributed by atoms with Crippen molar-refractivity contribution < 1.29 is 42.5 Å². The SMILES string of the molecule is Cc1cc(CCC(O)(CC(C)(C)c2cc(F)ccc2C)C(F)(F)F)c2cnn(-c3cccc(C(=O)N4C[C@@H](O)C[C@@H]4C(=O)O)c3)c2c1. The van der Waals surface area contributed by atoms with Crippen molar-refractivity contribution in [1.82, 2.24) is 14.7 Å². The molecule has 3 N–H and O–H groups in total. The number of aliphatic hydroxyl groups excluding tert-OH is 1. The summed E-state index contributed by atoms with van der Waals surface area (Å²) in [5, 5.41) is 35.8. The third kappa shape index (κ3) is 6.75. The standard InChI is InChI=1S/C35H37F4N3O5/c1-20-12-22(10-11-34(47,35(37,38)39)19-33(3,4)28-15-24(36)9-8-21(28)2)27-17-40-42(29(27)13-20)25-7-5-6-23(14-25)31(44)41-18-26(43)16-30(41)32(45)46/h5-9,12-15,17,26,30,43,47H,10-11,16,18-19H2,1-4H3,(H,45,46)/t26-,30+,34?/m0/s1. The number of aryl methyl sites for hydroxylation is 3. The highest BCUT2D eigenvalue weighted by Crippen LogP contribution is 2.44. The minimum Gasteiger partial charge on any atom is -0.480 e. The number of carboxylic acids is 1. The molecule has 0 aliphatic carbocycles. The molecule has 1 fully saturated rings. The second-order valence-corrected chi connectivity index (χ2v) is 13.2. The van der Waals surface area contributed by atoms with Crippen LogP contribution in [0.3, 0.4) is 0 Å². The van der Waals surface area contributed by atoms with E-state index in [0.29, 0.717) is 33.3 Å². The van der Waals surface area contributed by atoms with Crippen LogP contribution in [0.25, 0.3) is 16.6 Å². The van der Waals surface area contributed by atoms with Gasteiger partial charge in [0.1, 0.15) is 11.9 Å². The van der Waals surface area contributed by atoms with Gasteiger partial charge in [0.2, 0.25) is 0 Å². The van der Waals surface area contributed by atoms with Gasteiger partial charge >= 0.3 is 12.1 Å². The Hall–Kier alpha value is -4.29. The van der Waals surface area contributed by atoms with Crippen molar-refractivity contribution in [1.29, 1.82) is 0 Å². The number of aliphatic carboxylic acids is 1. The van der Waals surface area contributed by atoms with Gasteiger partial charge in [-0.2, -0.15) is 18.3 Å². The summed E-state index contributed by atoms with van der Waals surface area (Å²) >= 11 is 0. The molecule has 1 saturated heterocycles. The second-order valence-electron chi connectivity index (χ2n) is 13.2. The van der Waals surface area contributed by atoms with Crippen molar-refractivity contribution in [2.24, 2.45) is 0 Å². The number of carbonyl (C=O) groups is 2. The third-order valence-electron chi connectivity index (χ3n) is 9.08. The molecule has 4 aromatic rings. The van der Waals surface area contributed by atoms with Gasteiger partial charge in [-0.25, -0.2) is 13.9 Å². The summed E-state index contributed by atoms with van der Waals surface area (Å²) in [6.45, 7) is 6.49. The molecule has 1 aliphatic rings. The first-order valence-corrected chi connectivity index (χ1v) is 15.3. The molecule has 1 unspecified atom stereocenters. The van der Waals surface area contributed by atoms with Crippen LogP contribution < -0.4 is 0 Å². The Morgan fingerprint density at radius 2 is 1.77 bits per heavy atom. The van der Waals surface area contributed by atoms with Gasteiger partial charge in [-0.3, -0.25) is 4.79 Å². The first-order chi connectivity index (χ1) is 21.9. The predicted octanol–water partition coefficient (Wildman–Crippen LogP) is 6.04. The number of alkyl halides is 3. The minimum absolute atomic E-state index is 0.0714. The highest BCUT2D eigenvalue weighted by Gasteiger charge is 2.55. The smallest absolute Gasteiger partial charge is 0.417 e. The molecule has 47 heavy (non-hydrogen) atoms. The van der Waals surface area contributed by atoms with Crippen LogP contribution >= 0.6 is 0 Å². The Labute approximate surface area is 269 Å². The number of hydrogen-bond acceptors (Lipinski definition) is 5. The largest absolute Gasteiger partial charge is 0.480 e. The lowest BCUT2D eigenvalue weighted by molar-refractivity contribution is -0.269. The maximum atomic E-state index is 14.5. The number of benzene rings is 3. The predicted molar refractivity (Wildman–Crippen MR) is 167 cm³/mol. The topological polar surface area (TPSA) is 116 Å². The molecule has 0 spiro atoms. The third-order valence-corrected chi connectivity index (χ3v) is 9.08. The van der Waals surface area contributed by atoms with Gasteiger partial charge in [0, 0.05) is 23.9 Å². The summed E-state index contributed by atoms with van der Waals surface area (Å²) in [6.07, 6.45) is -5.93. The highest BCUT2D eigenvalue weighted by atomic mass is 19.4. The fourth-order valence-electron chi connectivity index (χ4n) is 6.80. The Bertz CT molecular complexity index is 1840. The quantitative estimate of drug-likeness (QED) is 0.190. The number of likely N-dealkylation sites (tertiary alicyclic amines) is 1. The molecule has 1 aromatic heterocycles. The van der Waals surface area contributed by atoms with Crippen LogP contribution in [0.15, 0.2) is 60.8 Å². The zero-order chi connectivity index (χ0) is 34.5. The Morgan fingerprint density at radius 1 is 1.04 bits per heavy atom. The number of amides is 1. The molecular weight excluding hydrogens is 618 g/mol. The molecule has 0 bridgehead atoms. The van der Waals surface area contributed by atoms with Gasteiger partial charge in [-0.1, -0.05) is 32.0 Å². The summed E-state index contributed by atoms with van der Waals surface area (Å²) < 4.78 is 59.2. The van der Waals surface area contributed by atoms with E-state index in [1.54, 1.807) is 56.6 Å². The molecular formula is C35H37F4N3O5. The van der Waals surface area contributed by atoms with Crippen LogP contribution in [0.2, 0.25) is 0 Å². The molecule has 3 atom stereocenters. The average Bonchev–Trinajstić information content (AvgIpc) is 3.59. The van der Waals surface area contributed by atoms with E-state index in [-0.39, 0.29) is 24.9 Å². The number of aromatic nitrogens is 2. The van der Waals surface area contributed by atoms with Gasteiger partial charge in [-0.15, -0.1) is 0 Å². The molecule has 0 radical (unpaired) electrons. The first kappa shape index (κ1) is 34.1. The summed E-state index contributed by atoms with van der Waals surface area (Å²) in [7, 11) is 0. The molecule has 0 saturated carbocycles. The van der Waals surface area contributed by atoms with Gasteiger partial charge < -0.3 is 20.2 Å². The molecule has 5 rings (SSSR count). The number of β-amino-alcohol motifs (C(OH)–C–C–N with tert-alkyl or cyclic N) is 1. The Morgan fingerprint density at radius 3 is 2.45 bits per heavy atom. The van der Waals surface area contributed by atoms with Crippen molar-refractivity contribution in [3.05, 3.63) is 94.4 Å². The van der Waals surface area contributed by atoms with Crippen molar-refractivity contribution in [3.8, 4) is 5.69 Å². The van der Waals surface area contributed by atoms with Crippen molar-refractivity contribution >= 4 is 22.8 Å². The number of fused-ring (bicyclic) bond motifs is 1. The van der Waals surface area contributed by atoms with E-state index in [9.17, 15) is 42.5 Å². The maximum Gasteiger partial charge on any atom is 0.417 e. The van der Waals surface area contributed by atoms with E-state index >= 15 is 0 Å². The lowest BCUT2D eigenvalue weighted by atomic mass is 9.72. The number of hydrogen-bond donors (Lipinski definition) is 3. The van der Waals surface area contributed by atoms with Crippen LogP contribution in [-0.2, 0) is 16.6 Å². The Balaban J connectivity index is 1.44. The minimum atomic E-state index is -4.96. The normalized spacial score (nSPS) is 18.5. The summed E-state index contributed by atoms with van der Waals surface area (Å²) in [5.74, 6) is -2.34. The van der Waals surface area contributed by atoms with E-state index in [4.69, 9.17) is 0 Å². The molecule has 8 nitrogen and oxygen atoms in total. The number of halogens is 4. The average molecular weight is 656 g/mol. The fraction of sp³-hybridized carbons (Fsp3) is 0.400. The fourth-order valence-corrected chi connectivity index (χ4v) is 6.80. The van der Waals surface area contributed by atoms with Crippen LogP contribution in [-0.4, -0.2) is 72.3 Å². The number of carboxylic acid groups (broad SMARTS) is 1. The van der Waals surface area contributed by atoms with E-state index in [0.717, 1.165) is 10.5 Å². The number of rotatable bonds is 9. The van der Waals surface area contributed by atoms with Crippen LogP contribution in [0.4, 0.5) is 17.6 Å². The monoisotopic (exact) mass is 655 g/mol. The number of carbonyl (C=O) groups excluding carboxylic acids is 1. The number of aliphatic hydroxyl groups is 2. The first-order valence-electron chi connectivity index (χ1n) is 15.3. The lowest BCUT2D eigenvalue weighted by Crippen LogP contribution is -2.49. The van der Waals surface area contributed by atoms with Crippen molar-refractivity contribution in [2.45, 2.75) is 82.7 Å². The summed E-state index contributed by atoms with van der Waals surface area (Å²) in [4.78, 5) is 26.1. The highest BCUT2D eigenvalue weighted by molar-refractivity contribution is 5.97. The molecule has 3 aromatic carbocycles. The van der Waals surface area contributed by atoms with Crippen LogP contribution in [0.5, 0.6) is 0 Å². The van der Waals surface area contributed by atoms with Crippen LogP contribution in [0, 0.1) is 19.7 Å². The maximum absolute atomic E-state index is 14.5. The number of nitrogens with zero attached hydrogens (tertiary/aromatic N) is 3. The van der Waals surface area contributed by atoms with Crippen LogP contribution in [0.1, 0.15) is 65.7 Å². The lowest BCUT2D eigenvalue weighted by Gasteiger charge is -2.38. The second kappa shape index (κ2) is 12.4. The molecule has 2 heterocycles. The Kier molecular flexibility index (Phi) is 8.97. The van der Waals surface area contributed by atoms with Gasteiger partial charge in [-0.05, 0) is 97.2 Å². The molecule has 12 heteroatoms. The molecule has 1 amide bonds. The van der Waals surface area contributed by atoms with Gasteiger partial charge in [0.05, 0.1) is 23.5 Å². The van der Waals surface area contributed by atoms with Gasteiger partial charge in [0.25, 0.3) is 5.91 Å². The van der Waals surface area contributed by atoms with Crippen molar-refractivity contribution in [3.63, 3.8) is 0 Å². The van der Waals surface area contributed by atoms with E-state index in [1.807, 2.05) is 6.07 Å². The van der Waals surface area contributed by atoms with E-state index in [1.165, 1.54) is 30.5 Å². The summed E-state index contributed by atoms with van der Waals surface area (Å²) in [5.41, 5.74) is -0.774. The molecule has 250 valence electrons. The molecule has 1 aliphatic heterocycles. The van der Waals surface area contributed by atoms with Gasteiger partial charge in [0.15, 0.2) is 5.60 Å². The van der Waals surface area contributed by atoms with E-state index < -0.39 is 59.9 Å².